The molecule has 0 atom stereocenters. The zero-order chi connectivity index (χ0) is 7.28. The van der Waals surface area contributed by atoms with E-state index in [1.165, 1.54) is 0 Å². The second kappa shape index (κ2) is 4.53. The van der Waals surface area contributed by atoms with Gasteiger partial charge in [0.25, 0.3) is 0 Å². The first-order valence-corrected chi connectivity index (χ1v) is 5.06. The molecular formula is C7H15NSi. The third-order valence-corrected chi connectivity index (χ3v) is 3.84. The van der Waals surface area contributed by atoms with Crippen LogP contribution in [0.2, 0.25) is 0 Å². The number of nitrogens with zero attached hydrogens (tertiary/aromatic N) is 1. The Morgan fingerprint density at radius 1 is 1.44 bits per heavy atom. The van der Waals surface area contributed by atoms with Gasteiger partial charge in [-0.3, -0.25) is 0 Å². The fourth-order valence-corrected chi connectivity index (χ4v) is 2.00. The van der Waals surface area contributed by atoms with Gasteiger partial charge in [0, 0.05) is 0 Å². The summed E-state index contributed by atoms with van der Waals surface area (Å²) in [6.07, 6.45) is 0. The lowest BCUT2D eigenvalue weighted by atomic mass is 10.8. The summed E-state index contributed by atoms with van der Waals surface area (Å²) in [5.41, 5.74) is 4.05. The second-order valence-corrected chi connectivity index (χ2v) is 4.84. The quantitative estimate of drug-likeness (QED) is 0.530. The van der Waals surface area contributed by atoms with Crippen molar-refractivity contribution in [2.24, 2.45) is 0 Å². The summed E-state index contributed by atoms with van der Waals surface area (Å²) < 4.78 is 2.31. The van der Waals surface area contributed by atoms with Crippen LogP contribution in [0.5, 0.6) is 0 Å². The van der Waals surface area contributed by atoms with Gasteiger partial charge in [-0.2, -0.15) is 0 Å². The Hall–Kier alpha value is -0.343. The van der Waals surface area contributed by atoms with Crippen LogP contribution in [0.15, 0.2) is 24.6 Å². The van der Waals surface area contributed by atoms with Crippen molar-refractivity contribution in [2.45, 2.75) is 6.92 Å². The monoisotopic (exact) mass is 141 g/mol. The minimum absolute atomic E-state index is 0.925. The molecule has 0 saturated heterocycles. The third-order valence-electron chi connectivity index (χ3n) is 1.49. The Kier molecular flexibility index (Phi) is 4.36. The van der Waals surface area contributed by atoms with E-state index in [2.05, 4.69) is 31.7 Å². The zero-order valence-corrected chi connectivity index (χ0v) is 7.46. The van der Waals surface area contributed by atoms with Crippen LogP contribution in [0, 0.1) is 0 Å². The van der Waals surface area contributed by atoms with Crippen molar-refractivity contribution in [1.29, 1.82) is 0 Å². The van der Waals surface area contributed by atoms with Crippen molar-refractivity contribution in [3.63, 3.8) is 0 Å². The first kappa shape index (κ1) is 8.66. The average molecular weight is 141 g/mol. The molecule has 0 rings (SSSR count). The van der Waals surface area contributed by atoms with E-state index >= 15 is 0 Å². The summed E-state index contributed by atoms with van der Waals surface area (Å²) in [4.78, 5) is 0. The summed E-state index contributed by atoms with van der Waals surface area (Å²) in [5.74, 6) is 0. The zero-order valence-electron chi connectivity index (χ0n) is 6.30. The minimum Gasteiger partial charge on any atom is -0.323 e. The highest BCUT2D eigenvalue weighted by Gasteiger charge is 2.04. The molecule has 0 radical (unpaired) electrons. The van der Waals surface area contributed by atoms with Crippen molar-refractivity contribution in [3.8, 4) is 0 Å². The summed E-state index contributed by atoms with van der Waals surface area (Å²) in [7, 11) is 1.19. The third kappa shape index (κ3) is 2.63. The fraction of sp³-hybridized carbons (Fsp3) is 0.429. The van der Waals surface area contributed by atoms with Gasteiger partial charge in [-0.25, -0.2) is 0 Å². The first-order chi connectivity index (χ1) is 4.26. The van der Waals surface area contributed by atoms with E-state index in [0.29, 0.717) is 0 Å². The maximum absolute atomic E-state index is 3.75. The van der Waals surface area contributed by atoms with Gasteiger partial charge in [0.1, 0.15) is 0 Å². The number of rotatable bonds is 4. The molecule has 0 saturated carbocycles. The molecule has 1 nitrogen and oxygen atoms in total. The minimum atomic E-state index is -0.925. The Morgan fingerprint density at radius 2 is 1.89 bits per heavy atom. The molecule has 0 aromatic heterocycles. The highest BCUT2D eigenvalue weighted by Crippen LogP contribution is 1.91. The Labute approximate surface area is 59.4 Å². The largest absolute Gasteiger partial charge is 0.323 e. The maximum atomic E-state index is 3.75. The van der Waals surface area contributed by atoms with E-state index in [9.17, 15) is 0 Å². The lowest BCUT2D eigenvalue weighted by Crippen LogP contribution is -2.32. The molecule has 0 bridgehead atoms. The van der Waals surface area contributed by atoms with Crippen molar-refractivity contribution >= 4 is 8.96 Å². The van der Waals surface area contributed by atoms with E-state index in [1.807, 2.05) is 11.4 Å². The van der Waals surface area contributed by atoms with Crippen LogP contribution >= 0.6 is 0 Å². The highest BCUT2D eigenvalue weighted by molar-refractivity contribution is 6.66. The lowest BCUT2D eigenvalue weighted by Gasteiger charge is -2.17. The normalized spacial score (nSPS) is 10.2. The van der Waals surface area contributed by atoms with Crippen LogP contribution in [0.3, 0.4) is 0 Å². The van der Waals surface area contributed by atoms with Gasteiger partial charge >= 0.3 is 0 Å². The molecule has 0 N–H and O–H groups in total. The van der Waals surface area contributed by atoms with Crippen molar-refractivity contribution < 1.29 is 0 Å². The summed E-state index contributed by atoms with van der Waals surface area (Å²) in [6, 6.07) is 0. The predicted molar refractivity (Wildman–Crippen MR) is 45.8 cm³/mol. The SMILES string of the molecule is C=C[SiH](C=C)N(C)CC. The van der Waals surface area contributed by atoms with Gasteiger partial charge in [0.15, 0.2) is 8.96 Å². The molecule has 0 unspecified atom stereocenters. The molecule has 0 aromatic rings. The topological polar surface area (TPSA) is 3.24 Å². The fourth-order valence-electron chi connectivity index (χ4n) is 0.667. The molecule has 0 amide bonds. The van der Waals surface area contributed by atoms with Crippen LogP contribution in [0.4, 0.5) is 0 Å². The van der Waals surface area contributed by atoms with E-state index in [1.54, 1.807) is 0 Å². The summed E-state index contributed by atoms with van der Waals surface area (Å²) in [5, 5.41) is 0. The number of hydrogen-bond acceptors (Lipinski definition) is 1. The molecule has 0 aliphatic carbocycles. The van der Waals surface area contributed by atoms with E-state index in [-0.39, 0.29) is 0 Å². The van der Waals surface area contributed by atoms with Crippen LogP contribution in [-0.4, -0.2) is 27.1 Å². The van der Waals surface area contributed by atoms with Crippen molar-refractivity contribution in [2.75, 3.05) is 13.6 Å². The Bertz CT molecular complexity index is 93.1. The van der Waals surface area contributed by atoms with E-state index < -0.39 is 8.96 Å². The van der Waals surface area contributed by atoms with Gasteiger partial charge in [-0.15, -0.1) is 13.2 Å². The van der Waals surface area contributed by atoms with Gasteiger partial charge < -0.3 is 4.57 Å². The van der Waals surface area contributed by atoms with Crippen LogP contribution in [0.25, 0.3) is 0 Å². The van der Waals surface area contributed by atoms with Gasteiger partial charge in [-0.05, 0) is 13.6 Å². The molecule has 0 aromatic carbocycles. The molecule has 9 heavy (non-hydrogen) atoms. The predicted octanol–water partition coefficient (Wildman–Crippen LogP) is 1.11. The Morgan fingerprint density at radius 3 is 2.00 bits per heavy atom. The number of hydrogen-bond donors (Lipinski definition) is 0. The molecule has 52 valence electrons. The molecule has 0 aliphatic rings. The molecule has 0 fully saturated rings. The maximum Gasteiger partial charge on any atom is 0.159 e. The van der Waals surface area contributed by atoms with Crippen molar-refractivity contribution in [1.82, 2.24) is 4.57 Å². The van der Waals surface area contributed by atoms with Gasteiger partial charge in [0.05, 0.1) is 0 Å². The van der Waals surface area contributed by atoms with Crippen molar-refractivity contribution in [3.05, 3.63) is 24.6 Å². The molecule has 2 heteroatoms. The van der Waals surface area contributed by atoms with Crippen LogP contribution < -0.4 is 0 Å². The van der Waals surface area contributed by atoms with Crippen LogP contribution in [-0.2, 0) is 0 Å². The molecule has 0 aliphatic heterocycles. The first-order valence-electron chi connectivity index (χ1n) is 3.21. The van der Waals surface area contributed by atoms with E-state index in [4.69, 9.17) is 0 Å². The molecule has 0 spiro atoms. The van der Waals surface area contributed by atoms with E-state index in [0.717, 1.165) is 6.54 Å². The molecule has 0 heterocycles. The van der Waals surface area contributed by atoms with Gasteiger partial charge in [-0.1, -0.05) is 18.3 Å². The lowest BCUT2D eigenvalue weighted by molar-refractivity contribution is 0.563. The smallest absolute Gasteiger partial charge is 0.159 e. The molecular weight excluding hydrogens is 126 g/mol. The second-order valence-electron chi connectivity index (χ2n) is 2.04. The highest BCUT2D eigenvalue weighted by atomic mass is 28.3. The standard InChI is InChI=1S/C7H15NSi/c1-5-8(4)9(6-2)7-3/h6-7,9H,2-3,5H2,1,4H3. The van der Waals surface area contributed by atoms with Crippen LogP contribution in [0.1, 0.15) is 6.92 Å². The summed E-state index contributed by atoms with van der Waals surface area (Å²) in [6.45, 7) is 10.7. The average Bonchev–Trinajstić information content (AvgIpc) is 1.90. The van der Waals surface area contributed by atoms with Gasteiger partial charge in [0.2, 0.25) is 0 Å². The summed E-state index contributed by atoms with van der Waals surface area (Å²) >= 11 is 0. The Balaban J connectivity index is 3.77.